The van der Waals surface area contributed by atoms with E-state index in [1.807, 2.05) is 0 Å². The van der Waals surface area contributed by atoms with Crippen LogP contribution in [0.15, 0.2) is 29.1 Å². The minimum absolute atomic E-state index is 0.0926. The second-order valence-corrected chi connectivity index (χ2v) is 9.50. The van der Waals surface area contributed by atoms with Gasteiger partial charge in [0.05, 0.1) is 5.54 Å². The Morgan fingerprint density at radius 1 is 1.26 bits per heavy atom. The number of rotatable bonds is 5. The molecule has 1 aromatic heterocycles. The molecule has 3 heterocycles. The van der Waals surface area contributed by atoms with Gasteiger partial charge in [0.25, 0.3) is 11.5 Å². The van der Waals surface area contributed by atoms with Gasteiger partial charge in [-0.2, -0.15) is 0 Å². The number of benzene rings is 1. The fourth-order valence-electron chi connectivity index (χ4n) is 4.26. The van der Waals surface area contributed by atoms with E-state index in [0.717, 1.165) is 18.4 Å². The van der Waals surface area contributed by atoms with Crippen molar-refractivity contribution in [3.05, 3.63) is 56.7 Å². The van der Waals surface area contributed by atoms with E-state index in [1.54, 1.807) is 38.4 Å². The molecule has 2 bridgehead atoms. The van der Waals surface area contributed by atoms with Crippen LogP contribution in [0.3, 0.4) is 0 Å². The highest BCUT2D eigenvalue weighted by atomic mass is 35.5. The highest BCUT2D eigenvalue weighted by Crippen LogP contribution is 2.42. The number of aromatic nitrogens is 2. The first kappa shape index (κ1) is 26.2. The van der Waals surface area contributed by atoms with Gasteiger partial charge in [-0.15, -0.1) is 0 Å². The Bertz CT molecular complexity index is 1150. The highest BCUT2D eigenvalue weighted by molar-refractivity contribution is 6.30. The van der Waals surface area contributed by atoms with Crippen LogP contribution in [0.1, 0.15) is 54.5 Å². The lowest BCUT2D eigenvalue weighted by Crippen LogP contribution is -2.46. The van der Waals surface area contributed by atoms with Crippen molar-refractivity contribution in [2.45, 2.75) is 51.2 Å². The van der Waals surface area contributed by atoms with Gasteiger partial charge in [-0.05, 0) is 49.3 Å². The summed E-state index contributed by atoms with van der Waals surface area (Å²) in [5, 5.41) is 16.5. The molecule has 0 radical (unpaired) electrons. The molecule has 5 rings (SSSR count). The molecule has 3 aliphatic rings. The monoisotopic (exact) mass is 503 g/mol. The van der Waals surface area contributed by atoms with Crippen molar-refractivity contribution in [1.82, 2.24) is 25.1 Å². The Kier molecular flexibility index (Phi) is 8.16. The molecule has 11 heteroatoms. The van der Waals surface area contributed by atoms with Crippen LogP contribution in [0.5, 0.6) is 5.75 Å². The quantitative estimate of drug-likeness (QED) is 0.532. The molecular formula is C24H30ClN5O5. The smallest absolute Gasteiger partial charge is 0.296 e. The fourth-order valence-corrected chi connectivity index (χ4v) is 4.39. The second-order valence-electron chi connectivity index (χ2n) is 9.06. The average Bonchev–Trinajstić information content (AvgIpc) is 3.07. The van der Waals surface area contributed by atoms with Crippen LogP contribution in [0.25, 0.3) is 0 Å². The maximum Gasteiger partial charge on any atom is 0.296 e. The van der Waals surface area contributed by atoms with Crippen LogP contribution in [0.2, 0.25) is 5.02 Å². The van der Waals surface area contributed by atoms with Crippen molar-refractivity contribution in [1.29, 1.82) is 0 Å². The number of nitrogens with zero attached hydrogens (tertiary/aromatic N) is 3. The van der Waals surface area contributed by atoms with Crippen molar-refractivity contribution in [2.75, 3.05) is 14.1 Å². The lowest BCUT2D eigenvalue weighted by atomic mass is 9.77. The first-order chi connectivity index (χ1) is 16.6. The molecule has 10 nitrogen and oxygen atoms in total. The summed E-state index contributed by atoms with van der Waals surface area (Å²) in [7, 11) is 3.45. The molecule has 2 aromatic rings. The molecule has 0 unspecified atom stereocenters. The normalized spacial score (nSPS) is 19.9. The molecule has 3 amide bonds. The Morgan fingerprint density at radius 3 is 2.40 bits per heavy atom. The molecule has 1 saturated carbocycles. The summed E-state index contributed by atoms with van der Waals surface area (Å²) in [6.07, 6.45) is 3.55. The zero-order valence-electron chi connectivity index (χ0n) is 20.0. The maximum absolute atomic E-state index is 12.8. The number of hydrogen-bond acceptors (Lipinski definition) is 6. The lowest BCUT2D eigenvalue weighted by Gasteiger charge is -2.35. The van der Waals surface area contributed by atoms with Crippen LogP contribution in [-0.2, 0) is 28.2 Å². The summed E-state index contributed by atoms with van der Waals surface area (Å²) >= 11 is 5.86. The standard InChI is InChI=1S/C20H21ClN4O4.C4H9NO/c21-14-3-1-12(2-4-14)9-22-17(28)15-16(27)18(29)25-10-13-5-7-20(8-6-13,23-11-26)19(25)24-15;1-4(6)5(2)3/h1-4,11,13,27H,5-10H2,(H,22,28)(H,23,26);1-3H3. The molecule has 2 aliphatic heterocycles. The van der Waals surface area contributed by atoms with Gasteiger partial charge in [0.15, 0.2) is 5.69 Å². The summed E-state index contributed by atoms with van der Waals surface area (Å²) in [6.45, 7) is 2.14. The number of nitrogens with one attached hydrogen (secondary N) is 2. The van der Waals surface area contributed by atoms with Crippen molar-refractivity contribution in [3.8, 4) is 5.75 Å². The molecule has 0 atom stereocenters. The SMILES string of the molecule is CC(=O)N(C)C.O=CNC12CCC(CC1)Cn1c2nc(C(=O)NCc2ccc(Cl)cc2)c(O)c1=O. The highest BCUT2D eigenvalue weighted by Gasteiger charge is 2.44. The van der Waals surface area contributed by atoms with E-state index in [-0.39, 0.29) is 24.1 Å². The molecule has 1 fully saturated rings. The van der Waals surface area contributed by atoms with Crippen molar-refractivity contribution >= 4 is 29.8 Å². The lowest BCUT2D eigenvalue weighted by molar-refractivity contribution is -0.126. The third kappa shape index (κ3) is 5.82. The molecule has 0 saturated heterocycles. The average molecular weight is 504 g/mol. The zero-order chi connectivity index (χ0) is 25.8. The van der Waals surface area contributed by atoms with E-state index >= 15 is 0 Å². The van der Waals surface area contributed by atoms with Gasteiger partial charge in [-0.1, -0.05) is 23.7 Å². The Hall–Kier alpha value is -3.40. The number of hydrogen-bond donors (Lipinski definition) is 3. The van der Waals surface area contributed by atoms with Crippen LogP contribution >= 0.6 is 11.6 Å². The van der Waals surface area contributed by atoms with Gasteiger partial charge < -0.3 is 20.6 Å². The molecule has 3 N–H and O–H groups in total. The topological polar surface area (TPSA) is 134 Å². The van der Waals surface area contributed by atoms with Gasteiger partial charge in [0, 0.05) is 39.1 Å². The van der Waals surface area contributed by atoms with Crippen molar-refractivity contribution in [3.63, 3.8) is 0 Å². The summed E-state index contributed by atoms with van der Waals surface area (Å²) in [4.78, 5) is 52.8. The van der Waals surface area contributed by atoms with Gasteiger partial charge in [0.2, 0.25) is 18.1 Å². The maximum atomic E-state index is 12.8. The third-order valence-electron chi connectivity index (χ3n) is 6.52. The van der Waals surface area contributed by atoms with Crippen molar-refractivity contribution < 1.29 is 19.5 Å². The Balaban J connectivity index is 0.000000509. The Labute approximate surface area is 208 Å². The summed E-state index contributed by atoms with van der Waals surface area (Å²) in [6, 6.07) is 6.95. The van der Waals surface area contributed by atoms with Gasteiger partial charge in [-0.3, -0.25) is 23.7 Å². The molecule has 1 aliphatic carbocycles. The third-order valence-corrected chi connectivity index (χ3v) is 6.77. The number of halogens is 1. The van der Waals surface area contributed by atoms with Crippen LogP contribution in [-0.4, -0.2) is 51.9 Å². The molecule has 0 spiro atoms. The van der Waals surface area contributed by atoms with Crippen LogP contribution in [0, 0.1) is 5.92 Å². The number of carbonyl (C=O) groups is 3. The van der Waals surface area contributed by atoms with Gasteiger partial charge >= 0.3 is 0 Å². The summed E-state index contributed by atoms with van der Waals surface area (Å²) < 4.78 is 1.41. The first-order valence-electron chi connectivity index (χ1n) is 11.3. The fraction of sp³-hybridized carbons (Fsp3) is 0.458. The van der Waals surface area contributed by atoms with E-state index in [9.17, 15) is 24.3 Å². The predicted octanol–water partition coefficient (Wildman–Crippen LogP) is 1.77. The summed E-state index contributed by atoms with van der Waals surface area (Å²) in [5.74, 6) is -0.622. The number of aromatic hydroxyl groups is 1. The van der Waals surface area contributed by atoms with Crippen LogP contribution in [0.4, 0.5) is 0 Å². The summed E-state index contributed by atoms with van der Waals surface area (Å²) in [5.41, 5.74) is -0.969. The number of amides is 3. The van der Waals surface area contributed by atoms with Gasteiger partial charge in [-0.25, -0.2) is 4.98 Å². The van der Waals surface area contributed by atoms with Gasteiger partial charge in [0.1, 0.15) is 5.82 Å². The van der Waals surface area contributed by atoms with Crippen LogP contribution < -0.4 is 16.2 Å². The first-order valence-corrected chi connectivity index (χ1v) is 11.7. The van der Waals surface area contributed by atoms with E-state index in [0.29, 0.717) is 36.6 Å². The largest absolute Gasteiger partial charge is 0.501 e. The molecular weight excluding hydrogens is 474 g/mol. The molecule has 35 heavy (non-hydrogen) atoms. The van der Waals surface area contributed by atoms with Crippen molar-refractivity contribution in [2.24, 2.45) is 5.92 Å². The molecule has 188 valence electrons. The molecule has 1 aromatic carbocycles. The second kappa shape index (κ2) is 10.9. The Morgan fingerprint density at radius 2 is 1.86 bits per heavy atom. The zero-order valence-corrected chi connectivity index (χ0v) is 20.8. The van der Waals surface area contributed by atoms with E-state index in [2.05, 4.69) is 15.6 Å². The van der Waals surface area contributed by atoms with E-state index in [4.69, 9.17) is 11.6 Å². The van der Waals surface area contributed by atoms with E-state index in [1.165, 1.54) is 16.4 Å². The minimum Gasteiger partial charge on any atom is -0.501 e. The minimum atomic E-state index is -0.799. The number of carbonyl (C=O) groups excluding carboxylic acids is 3. The van der Waals surface area contributed by atoms with E-state index < -0.39 is 22.8 Å². The number of fused-ring (bicyclic) bond motifs is 2. The predicted molar refractivity (Wildman–Crippen MR) is 130 cm³/mol.